The maximum Gasteiger partial charge on any atom is 0.257 e. The van der Waals surface area contributed by atoms with Gasteiger partial charge in [-0.2, -0.15) is 0 Å². The lowest BCUT2D eigenvalue weighted by molar-refractivity contribution is -0.148. The van der Waals surface area contributed by atoms with Gasteiger partial charge in [0, 0.05) is 31.6 Å². The molecule has 2 atom stereocenters. The topological polar surface area (TPSA) is 52.6 Å². The summed E-state index contributed by atoms with van der Waals surface area (Å²) >= 11 is 0. The van der Waals surface area contributed by atoms with Crippen molar-refractivity contribution in [2.24, 2.45) is 11.8 Å². The van der Waals surface area contributed by atoms with E-state index in [-0.39, 0.29) is 17.9 Å². The zero-order valence-corrected chi connectivity index (χ0v) is 19.4. The van der Waals surface area contributed by atoms with Crippen LogP contribution >= 0.6 is 0 Å². The van der Waals surface area contributed by atoms with Crippen LogP contribution in [0, 0.1) is 11.8 Å². The van der Waals surface area contributed by atoms with Crippen LogP contribution in [0.4, 0.5) is 0 Å². The standard InChI is InChI=1S/C28H40N2O2/c31-27(28(32,25-16-7-8-17-25)24-14-5-2-6-15-24)29-26-18-21-30(22-19-26)20-10-9-13-23-11-3-1-4-12-23/h1-3,5-6,9,13-15,23,25-26,32H,4,7-8,10-12,16-22H2,(H,29,31)/b13-9-. The van der Waals surface area contributed by atoms with E-state index in [0.29, 0.717) is 0 Å². The van der Waals surface area contributed by atoms with Crippen LogP contribution in [0.3, 0.4) is 0 Å². The minimum atomic E-state index is -1.41. The number of benzene rings is 1. The molecule has 1 aliphatic heterocycles. The van der Waals surface area contributed by atoms with E-state index in [1.54, 1.807) is 0 Å². The van der Waals surface area contributed by atoms with Crippen molar-refractivity contribution >= 4 is 5.91 Å². The second-order valence-corrected chi connectivity index (χ2v) is 9.96. The Labute approximate surface area is 193 Å². The summed E-state index contributed by atoms with van der Waals surface area (Å²) in [6, 6.07) is 9.73. The molecule has 32 heavy (non-hydrogen) atoms. The average molecular weight is 437 g/mol. The summed E-state index contributed by atoms with van der Waals surface area (Å²) in [4.78, 5) is 15.9. The van der Waals surface area contributed by atoms with Gasteiger partial charge in [0.2, 0.25) is 0 Å². The van der Waals surface area contributed by atoms with Crippen LogP contribution in [0.1, 0.15) is 69.8 Å². The lowest BCUT2D eigenvalue weighted by Gasteiger charge is -2.37. The number of rotatable bonds is 8. The number of nitrogens with one attached hydrogen (secondary N) is 1. The van der Waals surface area contributed by atoms with Gasteiger partial charge in [0.05, 0.1) is 0 Å². The van der Waals surface area contributed by atoms with Crippen molar-refractivity contribution in [2.45, 2.75) is 75.9 Å². The zero-order chi connectivity index (χ0) is 22.2. The minimum absolute atomic E-state index is 0.0106. The van der Waals surface area contributed by atoms with Crippen molar-refractivity contribution in [1.29, 1.82) is 0 Å². The highest BCUT2D eigenvalue weighted by atomic mass is 16.3. The molecule has 0 aromatic heterocycles. The fourth-order valence-corrected chi connectivity index (χ4v) is 5.72. The van der Waals surface area contributed by atoms with Gasteiger partial charge in [-0.15, -0.1) is 0 Å². The molecule has 4 rings (SSSR count). The largest absolute Gasteiger partial charge is 0.375 e. The summed E-state index contributed by atoms with van der Waals surface area (Å²) in [5, 5.41) is 14.9. The first-order valence-corrected chi connectivity index (χ1v) is 12.8. The minimum Gasteiger partial charge on any atom is -0.375 e. The van der Waals surface area contributed by atoms with E-state index in [0.717, 1.165) is 76.1 Å². The van der Waals surface area contributed by atoms with Crippen molar-refractivity contribution in [3.05, 3.63) is 60.2 Å². The van der Waals surface area contributed by atoms with Crippen LogP contribution in [0.2, 0.25) is 0 Å². The lowest BCUT2D eigenvalue weighted by atomic mass is 9.79. The van der Waals surface area contributed by atoms with Gasteiger partial charge in [0.1, 0.15) is 0 Å². The predicted molar refractivity (Wildman–Crippen MR) is 130 cm³/mol. The van der Waals surface area contributed by atoms with Gasteiger partial charge in [-0.25, -0.2) is 0 Å². The zero-order valence-electron chi connectivity index (χ0n) is 19.4. The molecule has 4 nitrogen and oxygen atoms in total. The molecule has 0 spiro atoms. The first-order valence-electron chi connectivity index (χ1n) is 12.8. The summed E-state index contributed by atoms with van der Waals surface area (Å²) in [5.41, 5.74) is -0.671. The highest BCUT2D eigenvalue weighted by Gasteiger charge is 2.46. The SMILES string of the molecule is O=C(NC1CCN(CC/C=C\C2CC=CCC2)CC1)C(O)(c1ccccc1)C1CCCC1. The maximum absolute atomic E-state index is 13.4. The van der Waals surface area contributed by atoms with Crippen molar-refractivity contribution < 1.29 is 9.90 Å². The number of allylic oxidation sites excluding steroid dienone is 3. The number of nitrogens with zero attached hydrogens (tertiary/aromatic N) is 1. The molecule has 1 saturated heterocycles. The molecule has 2 aliphatic carbocycles. The fourth-order valence-electron chi connectivity index (χ4n) is 5.72. The number of hydrogen-bond donors (Lipinski definition) is 2. The normalized spacial score (nSPS) is 25.2. The summed E-state index contributed by atoms with van der Waals surface area (Å²) in [7, 11) is 0. The summed E-state index contributed by atoms with van der Waals surface area (Å²) < 4.78 is 0. The number of hydrogen-bond acceptors (Lipinski definition) is 3. The third kappa shape index (κ3) is 5.71. The number of carbonyl (C=O) groups excluding carboxylic acids is 1. The Kier molecular flexibility index (Phi) is 8.20. The quantitative estimate of drug-likeness (QED) is 0.567. The van der Waals surface area contributed by atoms with Crippen LogP contribution in [0.25, 0.3) is 0 Å². The van der Waals surface area contributed by atoms with Gasteiger partial charge >= 0.3 is 0 Å². The molecule has 2 unspecified atom stereocenters. The van der Waals surface area contributed by atoms with Gasteiger partial charge in [0.15, 0.2) is 5.60 Å². The van der Waals surface area contributed by atoms with Gasteiger partial charge in [-0.3, -0.25) is 4.79 Å². The van der Waals surface area contributed by atoms with Crippen molar-refractivity contribution in [3.8, 4) is 0 Å². The van der Waals surface area contributed by atoms with Crippen molar-refractivity contribution in [1.82, 2.24) is 10.2 Å². The Morgan fingerprint density at radius 1 is 1.06 bits per heavy atom. The first kappa shape index (κ1) is 23.3. The third-order valence-electron chi connectivity index (χ3n) is 7.76. The molecule has 1 aromatic carbocycles. The Morgan fingerprint density at radius 3 is 2.50 bits per heavy atom. The maximum atomic E-state index is 13.4. The highest BCUT2D eigenvalue weighted by molar-refractivity contribution is 5.87. The average Bonchev–Trinajstić information content (AvgIpc) is 3.39. The van der Waals surface area contributed by atoms with Crippen molar-refractivity contribution in [3.63, 3.8) is 0 Å². The van der Waals surface area contributed by atoms with E-state index >= 15 is 0 Å². The number of likely N-dealkylation sites (tertiary alicyclic amines) is 1. The molecule has 1 saturated carbocycles. The molecule has 1 amide bonds. The molecule has 2 fully saturated rings. The number of aliphatic hydroxyl groups is 1. The molecule has 2 N–H and O–H groups in total. The van der Waals surface area contributed by atoms with Crippen LogP contribution in [-0.2, 0) is 10.4 Å². The second-order valence-electron chi connectivity index (χ2n) is 9.96. The van der Waals surface area contributed by atoms with Gasteiger partial charge < -0.3 is 15.3 Å². The monoisotopic (exact) mass is 436 g/mol. The van der Waals surface area contributed by atoms with Gasteiger partial charge in [0.25, 0.3) is 5.91 Å². The second kappa shape index (κ2) is 11.3. The fraction of sp³-hybridized carbons (Fsp3) is 0.607. The van der Waals surface area contributed by atoms with E-state index in [1.165, 1.54) is 19.3 Å². The molecule has 1 aromatic rings. The molecule has 174 valence electrons. The third-order valence-corrected chi connectivity index (χ3v) is 7.76. The molecule has 1 heterocycles. The first-order chi connectivity index (χ1) is 15.7. The molecule has 4 heteroatoms. The Morgan fingerprint density at radius 2 is 1.81 bits per heavy atom. The van der Waals surface area contributed by atoms with Crippen molar-refractivity contribution in [2.75, 3.05) is 19.6 Å². The molecule has 0 radical (unpaired) electrons. The van der Waals surface area contributed by atoms with Crippen LogP contribution in [-0.4, -0.2) is 41.6 Å². The van der Waals surface area contributed by atoms with Crippen LogP contribution in [0.15, 0.2) is 54.6 Å². The van der Waals surface area contributed by atoms with Gasteiger partial charge in [-0.1, -0.05) is 67.5 Å². The number of carbonyl (C=O) groups is 1. The molecular weight excluding hydrogens is 396 g/mol. The highest BCUT2D eigenvalue weighted by Crippen LogP contribution is 2.41. The molecular formula is C28H40N2O2. The summed E-state index contributed by atoms with van der Waals surface area (Å²) in [5.74, 6) is 0.541. The number of piperidine rings is 1. The van der Waals surface area contributed by atoms with E-state index in [2.05, 4.69) is 34.5 Å². The Bertz CT molecular complexity index is 776. The summed E-state index contributed by atoms with van der Waals surface area (Å²) in [6.45, 7) is 3.12. The number of amides is 1. The van der Waals surface area contributed by atoms with E-state index in [9.17, 15) is 9.90 Å². The Balaban J connectivity index is 1.26. The Hall–Kier alpha value is -1.91. The lowest BCUT2D eigenvalue weighted by Crippen LogP contribution is -2.54. The molecule has 0 bridgehead atoms. The van der Waals surface area contributed by atoms with E-state index in [1.807, 2.05) is 30.3 Å². The van der Waals surface area contributed by atoms with E-state index < -0.39 is 5.60 Å². The molecule has 3 aliphatic rings. The van der Waals surface area contributed by atoms with Gasteiger partial charge in [-0.05, 0) is 62.8 Å². The predicted octanol–water partition coefficient (Wildman–Crippen LogP) is 4.95. The van der Waals surface area contributed by atoms with Crippen LogP contribution in [0.5, 0.6) is 0 Å². The summed E-state index contributed by atoms with van der Waals surface area (Å²) in [6.07, 6.45) is 20.1. The van der Waals surface area contributed by atoms with E-state index in [4.69, 9.17) is 0 Å². The smallest absolute Gasteiger partial charge is 0.257 e. The van der Waals surface area contributed by atoms with Crippen LogP contribution < -0.4 is 5.32 Å².